The minimum Gasteiger partial charge on any atom is -0.397 e. The zero-order chi connectivity index (χ0) is 33.2. The summed E-state index contributed by atoms with van der Waals surface area (Å²) in [5.74, 6) is 1.15. The van der Waals surface area contributed by atoms with Crippen LogP contribution in [0.15, 0.2) is 48.5 Å². The Bertz CT molecular complexity index is 2420. The van der Waals surface area contributed by atoms with Crippen molar-refractivity contribution in [1.29, 1.82) is 0 Å². The third-order valence-corrected chi connectivity index (χ3v) is 8.51. The fourth-order valence-electron chi connectivity index (χ4n) is 5.98. The van der Waals surface area contributed by atoms with E-state index in [2.05, 4.69) is 0 Å². The molecule has 0 fully saturated rings. The zero-order valence-corrected chi connectivity index (χ0v) is 26.3. The Morgan fingerprint density at radius 1 is 0.306 bits per heavy atom. The van der Waals surface area contributed by atoms with Crippen molar-refractivity contribution < 1.29 is 17.1 Å². The molecule has 17 heteroatoms. The number of rotatable bonds is 0. The molecule has 0 unspecified atom stereocenters. The van der Waals surface area contributed by atoms with Crippen LogP contribution in [0.25, 0.3) is 89.7 Å². The molecule has 4 aromatic carbocycles. The van der Waals surface area contributed by atoms with Gasteiger partial charge in [-0.05, 0) is 70.1 Å². The molecule has 0 spiro atoms. The Morgan fingerprint density at radius 2 is 0.510 bits per heavy atom. The fraction of sp³-hybridized carbons (Fsp3) is 0. The smallest absolute Gasteiger partial charge is 0.397 e. The quantitative estimate of drug-likeness (QED) is 0.0838. The molecule has 0 saturated heterocycles. The van der Waals surface area contributed by atoms with Crippen molar-refractivity contribution in [3.05, 3.63) is 48.5 Å². The summed E-state index contributed by atoms with van der Waals surface area (Å²) in [6.07, 6.45) is 0. The third-order valence-electron chi connectivity index (χ3n) is 8.51. The second kappa shape index (κ2) is 10.1. The van der Waals surface area contributed by atoms with Crippen LogP contribution in [0.3, 0.4) is 0 Å². The second-order valence-corrected chi connectivity index (χ2v) is 11.6. The number of aromatic nitrogens is 8. The molecule has 16 nitrogen and oxygen atoms in total. The maximum absolute atomic E-state index is 6.24. The van der Waals surface area contributed by atoms with Crippen molar-refractivity contribution in [2.24, 2.45) is 0 Å². The first-order chi connectivity index (χ1) is 23.0. The van der Waals surface area contributed by atoms with Gasteiger partial charge in [-0.25, -0.2) is 9.97 Å². The van der Waals surface area contributed by atoms with E-state index in [0.29, 0.717) is 89.3 Å². The van der Waals surface area contributed by atoms with Crippen LogP contribution in [0, 0.1) is 0 Å². The van der Waals surface area contributed by atoms with Gasteiger partial charge in [0.2, 0.25) is 0 Å². The van der Waals surface area contributed by atoms with Crippen LogP contribution in [0.2, 0.25) is 0 Å². The molecule has 0 atom stereocenters. The zero-order valence-electron chi connectivity index (χ0n) is 25.2. The van der Waals surface area contributed by atoms with Gasteiger partial charge < -0.3 is 75.8 Å². The summed E-state index contributed by atoms with van der Waals surface area (Å²) < 4.78 is 0. The predicted molar refractivity (Wildman–Crippen MR) is 189 cm³/mol. The average Bonchev–Trinajstić information content (AvgIpc) is 3.74. The van der Waals surface area contributed by atoms with E-state index in [0.717, 1.165) is 0 Å². The first kappa shape index (κ1) is 29.6. The Hall–Kier alpha value is -6.84. The Balaban J connectivity index is 0.00000348. The van der Waals surface area contributed by atoms with Crippen LogP contribution < -0.4 is 55.8 Å². The summed E-state index contributed by atoms with van der Waals surface area (Å²) in [6.45, 7) is 0. The van der Waals surface area contributed by atoms with Crippen LogP contribution in [-0.4, -0.2) is 29.9 Å². The van der Waals surface area contributed by atoms with E-state index < -0.39 is 0 Å². The molecule has 5 heterocycles. The van der Waals surface area contributed by atoms with Gasteiger partial charge in [-0.3, -0.25) is 0 Å². The number of fused-ring (bicyclic) bond motifs is 20. The molecule has 3 aromatic heterocycles. The van der Waals surface area contributed by atoms with E-state index >= 15 is 0 Å². The number of anilines is 8. The SMILES string of the molecule is Nc1cc2c(cc1N)-c1nc-2nc2[n-]c(nc3nc(nc4[n-]c(n1)c1cc(N)c(N)cc41)-c1cc(N)c(N)cc1-3)c1cc(N)c(N)cc21.[Fe+2]. The number of nitrogens with two attached hydrogens (primary N) is 8. The standard InChI is InChI=1S/C32H24N16.Fe/c33-17-1-9-10(2-18(17)34)26-41-25(9)45-27-11-3-19(35)20(36)4-12(11)29(42-27)47-31-15-7-23(39)24(40)8-16(15)32(44-31)48-30-14-6-22(38)21(37)5-13(14)28(43-30)46-26;/h1-8H,33-40H2;/q-2;+2. The monoisotopic (exact) mass is 688 g/mol. The second-order valence-electron chi connectivity index (χ2n) is 11.6. The first-order valence-electron chi connectivity index (χ1n) is 14.5. The molecular formula is C32H24FeN16. The van der Waals surface area contributed by atoms with Gasteiger partial charge in [0.1, 0.15) is 0 Å². The fourth-order valence-corrected chi connectivity index (χ4v) is 5.98. The van der Waals surface area contributed by atoms with Crippen LogP contribution in [-0.2, 0) is 17.1 Å². The molecule has 0 radical (unpaired) electrons. The molecule has 2 aliphatic rings. The Kier molecular flexibility index (Phi) is 6.08. The molecular weight excluding hydrogens is 664 g/mol. The summed E-state index contributed by atoms with van der Waals surface area (Å²) in [4.78, 5) is 38.7. The summed E-state index contributed by atoms with van der Waals surface area (Å²) in [5, 5.41) is 2.36. The van der Waals surface area contributed by atoms with Crippen molar-refractivity contribution >= 4 is 89.6 Å². The van der Waals surface area contributed by atoms with E-state index in [9.17, 15) is 0 Å². The van der Waals surface area contributed by atoms with Crippen molar-refractivity contribution in [3.63, 3.8) is 0 Å². The van der Waals surface area contributed by atoms with Crippen LogP contribution in [0.1, 0.15) is 0 Å². The molecule has 0 saturated carbocycles. The molecule has 9 rings (SSSR count). The van der Waals surface area contributed by atoms with Crippen LogP contribution in [0.4, 0.5) is 45.5 Å². The number of nitrogens with zero attached hydrogens (tertiary/aromatic N) is 8. The average molecular weight is 689 g/mol. The van der Waals surface area contributed by atoms with Gasteiger partial charge in [-0.15, -0.1) is 0 Å². The van der Waals surface area contributed by atoms with E-state index in [1.54, 1.807) is 48.5 Å². The van der Waals surface area contributed by atoms with E-state index in [4.69, 9.17) is 85.7 Å². The first-order valence-corrected chi connectivity index (χ1v) is 14.5. The van der Waals surface area contributed by atoms with Gasteiger partial charge >= 0.3 is 17.1 Å². The topological polar surface area (TPSA) is 314 Å². The normalized spacial score (nSPS) is 11.8. The number of hydrogen-bond donors (Lipinski definition) is 8. The van der Waals surface area contributed by atoms with Crippen molar-refractivity contribution in [2.75, 3.05) is 45.9 Å². The minimum atomic E-state index is 0. The van der Waals surface area contributed by atoms with Gasteiger partial charge in [0.15, 0.2) is 0 Å². The largest absolute Gasteiger partial charge is 2.00 e. The van der Waals surface area contributed by atoms with Gasteiger partial charge in [0, 0.05) is 44.8 Å². The van der Waals surface area contributed by atoms with E-state index in [1.807, 2.05) is 0 Å². The minimum absolute atomic E-state index is 0. The van der Waals surface area contributed by atoms with Crippen molar-refractivity contribution in [2.45, 2.75) is 0 Å². The summed E-state index contributed by atoms with van der Waals surface area (Å²) >= 11 is 0. The maximum Gasteiger partial charge on any atom is 2.00 e. The number of benzene rings is 4. The molecule has 0 aliphatic carbocycles. The summed E-state index contributed by atoms with van der Waals surface area (Å²) in [7, 11) is 0. The molecule has 8 bridgehead atoms. The molecule has 2 aliphatic heterocycles. The predicted octanol–water partition coefficient (Wildman–Crippen LogP) is 2.78. The van der Waals surface area contributed by atoms with Crippen molar-refractivity contribution in [1.82, 2.24) is 39.9 Å². The van der Waals surface area contributed by atoms with Gasteiger partial charge in [0.25, 0.3) is 0 Å². The third kappa shape index (κ3) is 4.30. The molecule has 240 valence electrons. The van der Waals surface area contributed by atoms with Gasteiger partial charge in [-0.2, -0.15) is 0 Å². The summed E-state index contributed by atoms with van der Waals surface area (Å²) in [5.41, 5.74) is 56.2. The van der Waals surface area contributed by atoms with E-state index in [1.165, 1.54) is 0 Å². The maximum atomic E-state index is 6.24. The Morgan fingerprint density at radius 3 is 0.735 bits per heavy atom. The van der Waals surface area contributed by atoms with Gasteiger partial charge in [0.05, 0.1) is 68.8 Å². The summed E-state index contributed by atoms with van der Waals surface area (Å²) in [6, 6.07) is 13.6. The van der Waals surface area contributed by atoms with Crippen LogP contribution in [0.5, 0.6) is 0 Å². The molecule has 49 heavy (non-hydrogen) atoms. The van der Waals surface area contributed by atoms with Crippen molar-refractivity contribution in [3.8, 4) is 45.6 Å². The molecule has 16 N–H and O–H groups in total. The molecule has 0 amide bonds. The molecule has 7 aromatic rings. The number of nitrogen functional groups attached to an aromatic ring is 8. The Labute approximate surface area is 285 Å². The van der Waals surface area contributed by atoms with E-state index in [-0.39, 0.29) is 63.0 Å². The van der Waals surface area contributed by atoms with Crippen LogP contribution >= 0.6 is 0 Å². The van der Waals surface area contributed by atoms with Gasteiger partial charge in [-0.1, -0.05) is 0 Å². The number of hydrogen-bond acceptors (Lipinski definition) is 14.